The Balaban J connectivity index is 1.73. The SMILES string of the molecule is Cc1cc(-c2cc(C(=O)OCc3nc(C)c(C)o3)c3c(C)noc3n2)c(C)s1. The number of oxazole rings is 1. The van der Waals surface area contributed by atoms with Crippen LogP contribution in [-0.2, 0) is 11.3 Å². The molecule has 0 saturated heterocycles. The molecule has 0 aliphatic rings. The molecule has 8 heteroatoms. The van der Waals surface area contributed by atoms with E-state index in [0.29, 0.717) is 39.7 Å². The van der Waals surface area contributed by atoms with Crippen molar-refractivity contribution in [2.24, 2.45) is 0 Å². The van der Waals surface area contributed by atoms with E-state index in [0.717, 1.165) is 16.1 Å². The average molecular weight is 397 g/mol. The van der Waals surface area contributed by atoms with Crippen molar-refractivity contribution in [1.29, 1.82) is 0 Å². The molecule has 0 fully saturated rings. The van der Waals surface area contributed by atoms with Crippen LogP contribution < -0.4 is 0 Å². The van der Waals surface area contributed by atoms with Crippen LogP contribution in [0.2, 0.25) is 0 Å². The number of thiophene rings is 1. The van der Waals surface area contributed by atoms with Crippen molar-refractivity contribution in [3.63, 3.8) is 0 Å². The van der Waals surface area contributed by atoms with Crippen molar-refractivity contribution >= 4 is 28.4 Å². The van der Waals surface area contributed by atoms with E-state index in [1.54, 1.807) is 24.3 Å². The lowest BCUT2D eigenvalue weighted by molar-refractivity contribution is 0.0439. The van der Waals surface area contributed by atoms with Crippen LogP contribution in [0.15, 0.2) is 21.1 Å². The highest BCUT2D eigenvalue weighted by molar-refractivity contribution is 7.12. The van der Waals surface area contributed by atoms with Gasteiger partial charge in [-0.1, -0.05) is 5.16 Å². The van der Waals surface area contributed by atoms with Crippen molar-refractivity contribution in [3.05, 3.63) is 50.5 Å². The Bertz CT molecular complexity index is 1180. The van der Waals surface area contributed by atoms with E-state index in [-0.39, 0.29) is 6.61 Å². The lowest BCUT2D eigenvalue weighted by Gasteiger charge is -2.06. The molecule has 0 spiro atoms. The molecule has 4 aromatic heterocycles. The molecule has 0 amide bonds. The predicted octanol–water partition coefficient (Wildman–Crippen LogP) is 4.84. The third kappa shape index (κ3) is 3.20. The number of carbonyl (C=O) groups is 1. The Morgan fingerprint density at radius 3 is 2.54 bits per heavy atom. The van der Waals surface area contributed by atoms with Crippen molar-refractivity contribution in [2.45, 2.75) is 41.2 Å². The van der Waals surface area contributed by atoms with Gasteiger partial charge in [-0.25, -0.2) is 14.8 Å². The van der Waals surface area contributed by atoms with Gasteiger partial charge in [0, 0.05) is 15.3 Å². The molecule has 144 valence electrons. The van der Waals surface area contributed by atoms with Gasteiger partial charge in [-0.05, 0) is 46.8 Å². The maximum Gasteiger partial charge on any atom is 0.339 e. The van der Waals surface area contributed by atoms with Crippen LogP contribution in [0.25, 0.3) is 22.4 Å². The van der Waals surface area contributed by atoms with E-state index < -0.39 is 5.97 Å². The van der Waals surface area contributed by atoms with Gasteiger partial charge in [-0.3, -0.25) is 0 Å². The van der Waals surface area contributed by atoms with Crippen LogP contribution in [0.1, 0.15) is 43.2 Å². The van der Waals surface area contributed by atoms with Crippen LogP contribution in [0, 0.1) is 34.6 Å². The first-order chi connectivity index (χ1) is 13.3. The average Bonchev–Trinajstić information content (AvgIpc) is 3.30. The molecule has 0 aliphatic carbocycles. The number of pyridine rings is 1. The molecule has 0 atom stereocenters. The van der Waals surface area contributed by atoms with Crippen molar-refractivity contribution < 1.29 is 18.5 Å². The van der Waals surface area contributed by atoms with E-state index in [1.165, 1.54) is 4.88 Å². The smallest absolute Gasteiger partial charge is 0.339 e. The molecule has 4 heterocycles. The summed E-state index contributed by atoms with van der Waals surface area (Å²) in [5.41, 5.74) is 3.65. The molecule has 0 bridgehead atoms. The van der Waals surface area contributed by atoms with Gasteiger partial charge in [0.2, 0.25) is 5.89 Å². The van der Waals surface area contributed by atoms with Gasteiger partial charge in [-0.15, -0.1) is 11.3 Å². The highest BCUT2D eigenvalue weighted by atomic mass is 32.1. The van der Waals surface area contributed by atoms with Crippen LogP contribution in [0.5, 0.6) is 0 Å². The summed E-state index contributed by atoms with van der Waals surface area (Å²) in [5, 5.41) is 4.51. The number of aromatic nitrogens is 3. The summed E-state index contributed by atoms with van der Waals surface area (Å²) in [7, 11) is 0. The molecule has 0 aliphatic heterocycles. The largest absolute Gasteiger partial charge is 0.452 e. The van der Waals surface area contributed by atoms with Gasteiger partial charge >= 0.3 is 5.97 Å². The Labute approximate surface area is 165 Å². The topological polar surface area (TPSA) is 91.2 Å². The Morgan fingerprint density at radius 2 is 1.89 bits per heavy atom. The van der Waals surface area contributed by atoms with E-state index in [2.05, 4.69) is 15.1 Å². The Kier molecular flexibility index (Phi) is 4.50. The van der Waals surface area contributed by atoms with E-state index in [9.17, 15) is 4.79 Å². The van der Waals surface area contributed by atoms with E-state index in [1.807, 2.05) is 33.8 Å². The van der Waals surface area contributed by atoms with Gasteiger partial charge in [0.25, 0.3) is 5.71 Å². The standard InChI is InChI=1S/C20H19N3O4S/c1-9-6-14(13(5)28-9)16-7-15(18-11(3)23-27-19(18)22-16)20(24)25-8-17-21-10(2)12(4)26-17/h6-7H,8H2,1-5H3. The minimum absolute atomic E-state index is 0.0480. The molecule has 0 N–H and O–H groups in total. The number of hydrogen-bond acceptors (Lipinski definition) is 8. The first kappa shape index (κ1) is 18.4. The van der Waals surface area contributed by atoms with Crippen LogP contribution >= 0.6 is 11.3 Å². The second kappa shape index (κ2) is 6.87. The van der Waals surface area contributed by atoms with Gasteiger partial charge in [-0.2, -0.15) is 0 Å². The normalized spacial score (nSPS) is 11.3. The zero-order valence-electron chi connectivity index (χ0n) is 16.2. The summed E-state index contributed by atoms with van der Waals surface area (Å²) in [6.45, 7) is 9.44. The number of rotatable bonds is 4. The second-order valence-electron chi connectivity index (χ2n) is 6.66. The molecule has 0 radical (unpaired) electrons. The lowest BCUT2D eigenvalue weighted by Crippen LogP contribution is -2.07. The van der Waals surface area contributed by atoms with E-state index >= 15 is 0 Å². The molecule has 0 aromatic carbocycles. The Hall–Kier alpha value is -3.00. The fourth-order valence-electron chi connectivity index (χ4n) is 3.08. The molecule has 28 heavy (non-hydrogen) atoms. The van der Waals surface area contributed by atoms with E-state index in [4.69, 9.17) is 13.7 Å². The molecule has 0 saturated carbocycles. The number of nitrogens with zero attached hydrogens (tertiary/aromatic N) is 3. The van der Waals surface area contributed by atoms with Crippen LogP contribution in [-0.4, -0.2) is 21.1 Å². The van der Waals surface area contributed by atoms with Crippen LogP contribution in [0.3, 0.4) is 0 Å². The van der Waals surface area contributed by atoms with Crippen molar-refractivity contribution in [2.75, 3.05) is 0 Å². The highest BCUT2D eigenvalue weighted by Crippen LogP contribution is 2.33. The number of fused-ring (bicyclic) bond motifs is 1. The van der Waals surface area contributed by atoms with Gasteiger partial charge < -0.3 is 13.7 Å². The molecule has 4 aromatic rings. The number of carbonyl (C=O) groups excluding carboxylic acids is 1. The minimum Gasteiger partial charge on any atom is -0.452 e. The quantitative estimate of drug-likeness (QED) is 0.455. The minimum atomic E-state index is -0.502. The summed E-state index contributed by atoms with van der Waals surface area (Å²) in [4.78, 5) is 23.9. The number of hydrogen-bond donors (Lipinski definition) is 0. The zero-order chi connectivity index (χ0) is 20.0. The zero-order valence-corrected chi connectivity index (χ0v) is 17.1. The van der Waals surface area contributed by atoms with Gasteiger partial charge in [0.15, 0.2) is 6.61 Å². The second-order valence-corrected chi connectivity index (χ2v) is 8.12. The molecule has 7 nitrogen and oxygen atoms in total. The van der Waals surface area contributed by atoms with Crippen molar-refractivity contribution in [1.82, 2.24) is 15.1 Å². The van der Waals surface area contributed by atoms with Crippen LogP contribution in [0.4, 0.5) is 0 Å². The third-order valence-corrected chi connectivity index (χ3v) is 5.52. The molecular formula is C20H19N3O4S. The molecule has 4 rings (SSSR count). The maximum absolute atomic E-state index is 12.9. The number of esters is 1. The first-order valence-electron chi connectivity index (χ1n) is 8.78. The first-order valence-corrected chi connectivity index (χ1v) is 9.59. The number of ether oxygens (including phenoxy) is 1. The number of aryl methyl sites for hydroxylation is 5. The summed E-state index contributed by atoms with van der Waals surface area (Å²) >= 11 is 1.68. The fraction of sp³-hybridized carbons (Fsp3) is 0.300. The molecule has 0 unspecified atom stereocenters. The highest BCUT2D eigenvalue weighted by Gasteiger charge is 2.22. The third-order valence-electron chi connectivity index (χ3n) is 4.55. The Morgan fingerprint density at radius 1 is 1.11 bits per heavy atom. The van der Waals surface area contributed by atoms with Gasteiger partial charge in [0.05, 0.1) is 28.0 Å². The summed E-state index contributed by atoms with van der Waals surface area (Å²) in [6, 6.07) is 3.78. The molecular weight excluding hydrogens is 378 g/mol. The summed E-state index contributed by atoms with van der Waals surface area (Å²) < 4.78 is 16.3. The van der Waals surface area contributed by atoms with Crippen molar-refractivity contribution in [3.8, 4) is 11.3 Å². The lowest BCUT2D eigenvalue weighted by atomic mass is 10.1. The monoisotopic (exact) mass is 397 g/mol. The maximum atomic E-state index is 12.9. The predicted molar refractivity (Wildman–Crippen MR) is 104 cm³/mol. The summed E-state index contributed by atoms with van der Waals surface area (Å²) in [5.74, 6) is 0.566. The fourth-order valence-corrected chi connectivity index (χ4v) is 4.02. The summed E-state index contributed by atoms with van der Waals surface area (Å²) in [6.07, 6.45) is 0. The van der Waals surface area contributed by atoms with Gasteiger partial charge in [0.1, 0.15) is 5.76 Å².